The quantitative estimate of drug-likeness (QED) is 0.677. The third-order valence-electron chi connectivity index (χ3n) is 3.17. The van der Waals surface area contributed by atoms with Gasteiger partial charge >= 0.3 is 11.9 Å². The number of hydrogen-bond donors (Lipinski definition) is 0. The number of carbonyl (C=O) groups excluding carboxylic acids is 2. The van der Waals surface area contributed by atoms with Crippen LogP contribution in [0.15, 0.2) is 41.8 Å². The van der Waals surface area contributed by atoms with Crippen LogP contribution in [0.5, 0.6) is 5.75 Å². The van der Waals surface area contributed by atoms with E-state index in [4.69, 9.17) is 4.74 Å². The first-order valence-electron chi connectivity index (χ1n) is 6.97. The topological polar surface area (TPSA) is 83.3 Å². The molecule has 0 N–H and O–H groups in total. The van der Waals surface area contributed by atoms with E-state index in [2.05, 4.69) is 14.9 Å². The minimum atomic E-state index is -0.682. The van der Waals surface area contributed by atoms with E-state index in [1.807, 2.05) is 30.3 Å². The van der Waals surface area contributed by atoms with Crippen molar-refractivity contribution in [2.45, 2.75) is 6.92 Å². The summed E-state index contributed by atoms with van der Waals surface area (Å²) in [6.45, 7) is 1.66. The Morgan fingerprint density at radius 3 is 2.54 bits per heavy atom. The molecule has 3 rings (SSSR count). The molecular weight excluding hydrogens is 330 g/mol. The van der Waals surface area contributed by atoms with E-state index < -0.39 is 11.9 Å². The average molecular weight is 343 g/mol. The fourth-order valence-corrected chi connectivity index (χ4v) is 2.74. The van der Waals surface area contributed by atoms with E-state index >= 15 is 0 Å². The molecule has 0 unspecified atom stereocenters. The minimum absolute atomic E-state index is 0.0841. The lowest BCUT2D eigenvalue weighted by Gasteiger charge is -2.03. The van der Waals surface area contributed by atoms with Gasteiger partial charge in [0.25, 0.3) is 0 Å². The average Bonchev–Trinajstić information content (AvgIpc) is 3.21. The number of aryl methyl sites for hydroxylation is 1. The number of methoxy groups -OCH3 is 1. The third kappa shape index (κ3) is 3.04. The molecule has 7 nitrogen and oxygen atoms in total. The molecule has 0 spiro atoms. The first kappa shape index (κ1) is 15.9. The zero-order chi connectivity index (χ0) is 17.1. The first-order chi connectivity index (χ1) is 11.6. The predicted molar refractivity (Wildman–Crippen MR) is 86.7 cm³/mol. The van der Waals surface area contributed by atoms with E-state index in [1.165, 1.54) is 18.0 Å². The normalized spacial score (nSPS) is 10.4. The van der Waals surface area contributed by atoms with Gasteiger partial charge in [0.15, 0.2) is 16.3 Å². The SMILES string of the molecule is COC(=O)c1sccc1OC(=O)c1nn(-c2ccccc2)nc1C. The van der Waals surface area contributed by atoms with Crippen LogP contribution < -0.4 is 4.74 Å². The fourth-order valence-electron chi connectivity index (χ4n) is 2.01. The van der Waals surface area contributed by atoms with Crippen LogP contribution in [0.4, 0.5) is 0 Å². The number of hydrogen-bond acceptors (Lipinski definition) is 7. The number of esters is 2. The van der Waals surface area contributed by atoms with Gasteiger partial charge in [0.1, 0.15) is 0 Å². The number of thiophene rings is 1. The maximum atomic E-state index is 12.4. The Morgan fingerprint density at radius 2 is 1.83 bits per heavy atom. The zero-order valence-corrected chi connectivity index (χ0v) is 13.7. The summed E-state index contributed by atoms with van der Waals surface area (Å²) >= 11 is 1.13. The lowest BCUT2D eigenvalue weighted by molar-refractivity contribution is 0.0599. The molecule has 24 heavy (non-hydrogen) atoms. The highest BCUT2D eigenvalue weighted by Crippen LogP contribution is 2.26. The molecular formula is C16H13N3O4S. The molecule has 0 bridgehead atoms. The molecule has 122 valence electrons. The minimum Gasteiger partial charge on any atom is -0.465 e. The van der Waals surface area contributed by atoms with Crippen LogP contribution in [0, 0.1) is 6.92 Å². The highest BCUT2D eigenvalue weighted by molar-refractivity contribution is 7.12. The molecule has 0 saturated heterocycles. The Labute approximate surface area is 141 Å². The summed E-state index contributed by atoms with van der Waals surface area (Å²) in [7, 11) is 1.27. The highest BCUT2D eigenvalue weighted by Gasteiger charge is 2.22. The van der Waals surface area contributed by atoms with E-state index in [0.29, 0.717) is 5.69 Å². The van der Waals surface area contributed by atoms with Crippen molar-refractivity contribution >= 4 is 23.3 Å². The van der Waals surface area contributed by atoms with Gasteiger partial charge < -0.3 is 9.47 Å². The number of para-hydroxylation sites is 1. The Hall–Kier alpha value is -3.00. The summed E-state index contributed by atoms with van der Waals surface area (Å²) < 4.78 is 9.94. The molecule has 2 aromatic heterocycles. The molecule has 0 aliphatic heterocycles. The Morgan fingerprint density at radius 1 is 1.08 bits per heavy atom. The standard InChI is InChI=1S/C16H13N3O4S/c1-10-13(18-19(17-10)11-6-4-3-5-7-11)15(20)23-12-8-9-24-14(12)16(21)22-2/h3-9H,1-2H3. The van der Waals surface area contributed by atoms with Crippen LogP contribution in [-0.4, -0.2) is 34.0 Å². The number of nitrogens with zero attached hydrogens (tertiary/aromatic N) is 3. The monoisotopic (exact) mass is 343 g/mol. The van der Waals surface area contributed by atoms with Gasteiger partial charge in [-0.05, 0) is 30.5 Å². The second kappa shape index (κ2) is 6.63. The van der Waals surface area contributed by atoms with Crippen molar-refractivity contribution in [2.75, 3.05) is 7.11 Å². The second-order valence-corrected chi connectivity index (χ2v) is 5.67. The van der Waals surface area contributed by atoms with Crippen molar-refractivity contribution in [1.29, 1.82) is 0 Å². The van der Waals surface area contributed by atoms with Crippen LogP contribution in [0.25, 0.3) is 5.69 Å². The van der Waals surface area contributed by atoms with Gasteiger partial charge in [-0.1, -0.05) is 18.2 Å². The van der Waals surface area contributed by atoms with Crippen molar-refractivity contribution < 1.29 is 19.1 Å². The Kier molecular flexibility index (Phi) is 4.39. The van der Waals surface area contributed by atoms with Gasteiger partial charge in [0.05, 0.1) is 18.5 Å². The first-order valence-corrected chi connectivity index (χ1v) is 7.85. The third-order valence-corrected chi connectivity index (χ3v) is 4.04. The molecule has 0 amide bonds. The van der Waals surface area contributed by atoms with E-state index in [-0.39, 0.29) is 16.3 Å². The van der Waals surface area contributed by atoms with Gasteiger partial charge in [0.2, 0.25) is 0 Å². The number of carbonyl (C=O) groups is 2. The summed E-state index contributed by atoms with van der Waals surface area (Å²) in [6, 6.07) is 10.7. The number of ether oxygens (including phenoxy) is 2. The summed E-state index contributed by atoms with van der Waals surface area (Å²) in [6.07, 6.45) is 0. The highest BCUT2D eigenvalue weighted by atomic mass is 32.1. The molecule has 0 atom stereocenters. The molecule has 3 aromatic rings. The number of aromatic nitrogens is 3. The molecule has 1 aromatic carbocycles. The van der Waals surface area contributed by atoms with E-state index in [0.717, 1.165) is 17.0 Å². The number of rotatable bonds is 4. The van der Waals surface area contributed by atoms with Gasteiger partial charge in [-0.15, -0.1) is 16.4 Å². The molecule has 0 fully saturated rings. The molecule has 0 radical (unpaired) electrons. The van der Waals surface area contributed by atoms with Gasteiger partial charge in [-0.2, -0.15) is 9.90 Å². The predicted octanol–water partition coefficient (Wildman–Crippen LogP) is 2.64. The van der Waals surface area contributed by atoms with E-state index in [9.17, 15) is 9.59 Å². The molecule has 2 heterocycles. The van der Waals surface area contributed by atoms with Crippen molar-refractivity contribution in [3.63, 3.8) is 0 Å². The largest absolute Gasteiger partial charge is 0.465 e. The maximum Gasteiger partial charge on any atom is 0.366 e. The van der Waals surface area contributed by atoms with Gasteiger partial charge in [0, 0.05) is 0 Å². The summed E-state index contributed by atoms with van der Waals surface area (Å²) in [5.41, 5.74) is 1.24. The lowest BCUT2D eigenvalue weighted by Crippen LogP contribution is -2.13. The second-order valence-electron chi connectivity index (χ2n) is 4.75. The fraction of sp³-hybridized carbons (Fsp3) is 0.125. The van der Waals surface area contributed by atoms with Gasteiger partial charge in [-0.3, -0.25) is 0 Å². The van der Waals surface area contributed by atoms with Crippen molar-refractivity contribution in [1.82, 2.24) is 15.0 Å². The Balaban J connectivity index is 1.85. The van der Waals surface area contributed by atoms with Crippen molar-refractivity contribution in [2.24, 2.45) is 0 Å². The molecule has 0 saturated carbocycles. The molecule has 0 aliphatic carbocycles. The van der Waals surface area contributed by atoms with Crippen LogP contribution in [0.3, 0.4) is 0 Å². The zero-order valence-electron chi connectivity index (χ0n) is 12.9. The number of benzene rings is 1. The van der Waals surface area contributed by atoms with Crippen molar-refractivity contribution in [3.8, 4) is 11.4 Å². The smallest absolute Gasteiger partial charge is 0.366 e. The van der Waals surface area contributed by atoms with Crippen LogP contribution in [-0.2, 0) is 4.74 Å². The molecule has 8 heteroatoms. The summed E-state index contributed by atoms with van der Waals surface area (Å²) in [5, 5.41) is 10.0. The molecule has 0 aliphatic rings. The van der Waals surface area contributed by atoms with Crippen LogP contribution in [0.1, 0.15) is 25.9 Å². The maximum absolute atomic E-state index is 12.4. The van der Waals surface area contributed by atoms with Crippen LogP contribution >= 0.6 is 11.3 Å². The summed E-state index contributed by atoms with van der Waals surface area (Å²) in [5.74, 6) is -1.10. The Bertz CT molecular complexity index is 886. The van der Waals surface area contributed by atoms with Gasteiger partial charge in [-0.25, -0.2) is 9.59 Å². The van der Waals surface area contributed by atoms with Crippen molar-refractivity contribution in [3.05, 3.63) is 58.0 Å². The summed E-state index contributed by atoms with van der Waals surface area (Å²) in [4.78, 5) is 25.6. The van der Waals surface area contributed by atoms with E-state index in [1.54, 1.807) is 12.3 Å². The van der Waals surface area contributed by atoms with Crippen LogP contribution in [0.2, 0.25) is 0 Å². The lowest BCUT2D eigenvalue weighted by atomic mass is 10.3.